The standard InChI is InChI=1S/C21H28N2O/c1-3-14-22(15-4-2)16-9-17-23-18-10-5-7-12-20(18)24-21-13-8-6-11-19(21)23/h5-8,10-13H,3-4,9,14-17H2,1-2H3. The number of anilines is 2. The van der Waals surface area contributed by atoms with Crippen LogP contribution in [0.2, 0.25) is 0 Å². The summed E-state index contributed by atoms with van der Waals surface area (Å²) in [5, 5.41) is 0. The fourth-order valence-corrected chi connectivity index (χ4v) is 3.44. The molecule has 2 aromatic rings. The summed E-state index contributed by atoms with van der Waals surface area (Å²) in [5.74, 6) is 1.91. The Morgan fingerprint density at radius 2 is 1.33 bits per heavy atom. The van der Waals surface area contributed by atoms with Crippen LogP contribution in [0.15, 0.2) is 48.5 Å². The quantitative estimate of drug-likeness (QED) is 0.643. The predicted octanol–water partition coefficient (Wildman–Crippen LogP) is 5.44. The highest BCUT2D eigenvalue weighted by molar-refractivity contribution is 5.77. The molecule has 0 saturated carbocycles. The molecule has 0 fully saturated rings. The zero-order valence-electron chi connectivity index (χ0n) is 14.9. The Hall–Kier alpha value is -2.00. The first-order valence-corrected chi connectivity index (χ1v) is 9.19. The van der Waals surface area contributed by atoms with Gasteiger partial charge in [0.1, 0.15) is 0 Å². The Morgan fingerprint density at radius 1 is 0.792 bits per heavy atom. The molecule has 128 valence electrons. The van der Waals surface area contributed by atoms with E-state index in [4.69, 9.17) is 4.74 Å². The van der Waals surface area contributed by atoms with Crippen LogP contribution in [-0.2, 0) is 0 Å². The van der Waals surface area contributed by atoms with Crippen LogP contribution < -0.4 is 9.64 Å². The highest BCUT2D eigenvalue weighted by Gasteiger charge is 2.23. The Balaban J connectivity index is 1.73. The van der Waals surface area contributed by atoms with Crippen molar-refractivity contribution in [1.29, 1.82) is 0 Å². The summed E-state index contributed by atoms with van der Waals surface area (Å²) in [4.78, 5) is 4.99. The Bertz CT molecular complexity index is 604. The van der Waals surface area contributed by atoms with Gasteiger partial charge in [0.2, 0.25) is 0 Å². The molecule has 0 amide bonds. The number of nitrogens with zero attached hydrogens (tertiary/aromatic N) is 2. The van der Waals surface area contributed by atoms with Crippen molar-refractivity contribution >= 4 is 11.4 Å². The van der Waals surface area contributed by atoms with Gasteiger partial charge in [-0.05, 0) is 63.2 Å². The van der Waals surface area contributed by atoms with Gasteiger partial charge in [0.25, 0.3) is 0 Å². The second kappa shape index (κ2) is 8.20. The van der Waals surface area contributed by atoms with Crippen LogP contribution in [0.25, 0.3) is 0 Å². The molecule has 0 radical (unpaired) electrons. The molecular formula is C21H28N2O. The molecule has 0 atom stereocenters. The van der Waals surface area contributed by atoms with E-state index in [2.05, 4.69) is 60.0 Å². The van der Waals surface area contributed by atoms with Gasteiger partial charge in [0.05, 0.1) is 11.4 Å². The Kier molecular flexibility index (Phi) is 5.76. The van der Waals surface area contributed by atoms with Crippen LogP contribution in [0.1, 0.15) is 33.1 Å². The van der Waals surface area contributed by atoms with Crippen LogP contribution in [0.4, 0.5) is 11.4 Å². The molecule has 3 rings (SSSR count). The summed E-state index contributed by atoms with van der Waals surface area (Å²) in [5.41, 5.74) is 2.35. The number of hydrogen-bond acceptors (Lipinski definition) is 3. The van der Waals surface area contributed by atoms with Crippen molar-refractivity contribution in [2.45, 2.75) is 33.1 Å². The molecule has 0 bridgehead atoms. The van der Waals surface area contributed by atoms with E-state index in [1.54, 1.807) is 0 Å². The molecule has 1 heterocycles. The van der Waals surface area contributed by atoms with Crippen molar-refractivity contribution in [3.8, 4) is 11.5 Å². The minimum atomic E-state index is 0.954. The fraction of sp³-hybridized carbons (Fsp3) is 0.429. The van der Waals surface area contributed by atoms with Gasteiger partial charge < -0.3 is 14.5 Å². The van der Waals surface area contributed by atoms with E-state index in [0.717, 1.165) is 31.0 Å². The zero-order chi connectivity index (χ0) is 16.8. The van der Waals surface area contributed by atoms with Crippen molar-refractivity contribution in [3.05, 3.63) is 48.5 Å². The highest BCUT2D eigenvalue weighted by atomic mass is 16.5. The van der Waals surface area contributed by atoms with E-state index < -0.39 is 0 Å². The molecular weight excluding hydrogens is 296 g/mol. The largest absolute Gasteiger partial charge is 0.453 e. The van der Waals surface area contributed by atoms with Crippen molar-refractivity contribution in [2.24, 2.45) is 0 Å². The van der Waals surface area contributed by atoms with E-state index in [-0.39, 0.29) is 0 Å². The molecule has 2 aromatic carbocycles. The van der Waals surface area contributed by atoms with Crippen LogP contribution in [0.3, 0.4) is 0 Å². The summed E-state index contributed by atoms with van der Waals surface area (Å²) in [6.07, 6.45) is 3.61. The molecule has 0 spiro atoms. The van der Waals surface area contributed by atoms with Crippen molar-refractivity contribution in [1.82, 2.24) is 4.90 Å². The topological polar surface area (TPSA) is 15.7 Å². The summed E-state index contributed by atoms with van der Waals surface area (Å²) in [6, 6.07) is 16.7. The molecule has 0 N–H and O–H groups in total. The zero-order valence-corrected chi connectivity index (χ0v) is 14.9. The fourth-order valence-electron chi connectivity index (χ4n) is 3.44. The summed E-state index contributed by atoms with van der Waals surface area (Å²) in [7, 11) is 0. The molecule has 3 nitrogen and oxygen atoms in total. The third kappa shape index (κ3) is 3.73. The second-order valence-corrected chi connectivity index (χ2v) is 6.38. The third-order valence-corrected chi connectivity index (χ3v) is 4.47. The van der Waals surface area contributed by atoms with Gasteiger partial charge in [-0.1, -0.05) is 38.1 Å². The minimum Gasteiger partial charge on any atom is -0.453 e. The van der Waals surface area contributed by atoms with Gasteiger partial charge in [0.15, 0.2) is 11.5 Å². The van der Waals surface area contributed by atoms with Gasteiger partial charge in [-0.15, -0.1) is 0 Å². The van der Waals surface area contributed by atoms with Crippen molar-refractivity contribution < 1.29 is 4.74 Å². The summed E-state index contributed by atoms with van der Waals surface area (Å²) >= 11 is 0. The molecule has 1 aliphatic rings. The maximum atomic E-state index is 6.06. The number of fused-ring (bicyclic) bond motifs is 2. The molecule has 3 heteroatoms. The lowest BCUT2D eigenvalue weighted by atomic mass is 10.1. The van der Waals surface area contributed by atoms with E-state index in [1.807, 2.05) is 12.1 Å². The van der Waals surface area contributed by atoms with Gasteiger partial charge >= 0.3 is 0 Å². The number of para-hydroxylation sites is 4. The minimum absolute atomic E-state index is 0.954. The van der Waals surface area contributed by atoms with E-state index in [0.29, 0.717) is 0 Å². The lowest BCUT2D eigenvalue weighted by Gasteiger charge is -2.33. The average Bonchev–Trinajstić information content (AvgIpc) is 2.61. The molecule has 0 saturated heterocycles. The van der Waals surface area contributed by atoms with Gasteiger partial charge in [-0.2, -0.15) is 0 Å². The smallest absolute Gasteiger partial charge is 0.151 e. The van der Waals surface area contributed by atoms with Gasteiger partial charge in [-0.25, -0.2) is 0 Å². The number of rotatable bonds is 8. The van der Waals surface area contributed by atoms with Crippen LogP contribution in [0.5, 0.6) is 11.5 Å². The van der Waals surface area contributed by atoms with Gasteiger partial charge in [0, 0.05) is 6.54 Å². The first kappa shape index (κ1) is 16.8. The number of benzene rings is 2. The molecule has 24 heavy (non-hydrogen) atoms. The molecule has 1 aliphatic heterocycles. The maximum Gasteiger partial charge on any atom is 0.151 e. The predicted molar refractivity (Wildman–Crippen MR) is 102 cm³/mol. The van der Waals surface area contributed by atoms with Crippen molar-refractivity contribution in [2.75, 3.05) is 31.1 Å². The number of ether oxygens (including phenoxy) is 1. The molecule has 0 aromatic heterocycles. The SMILES string of the molecule is CCCN(CCC)CCCN1c2ccccc2Oc2ccccc21. The van der Waals surface area contributed by atoms with Gasteiger partial charge in [-0.3, -0.25) is 0 Å². The van der Waals surface area contributed by atoms with Crippen LogP contribution >= 0.6 is 0 Å². The molecule has 0 aliphatic carbocycles. The lowest BCUT2D eigenvalue weighted by Crippen LogP contribution is -2.30. The normalized spacial score (nSPS) is 12.7. The first-order valence-electron chi connectivity index (χ1n) is 9.19. The second-order valence-electron chi connectivity index (χ2n) is 6.38. The number of hydrogen-bond donors (Lipinski definition) is 0. The lowest BCUT2D eigenvalue weighted by molar-refractivity contribution is 0.272. The van der Waals surface area contributed by atoms with E-state index in [9.17, 15) is 0 Å². The van der Waals surface area contributed by atoms with E-state index >= 15 is 0 Å². The molecule has 0 unspecified atom stereocenters. The highest BCUT2D eigenvalue weighted by Crippen LogP contribution is 2.46. The summed E-state index contributed by atoms with van der Waals surface area (Å²) in [6.45, 7) is 9.09. The summed E-state index contributed by atoms with van der Waals surface area (Å²) < 4.78 is 6.06. The van der Waals surface area contributed by atoms with Crippen molar-refractivity contribution in [3.63, 3.8) is 0 Å². The Morgan fingerprint density at radius 3 is 1.88 bits per heavy atom. The third-order valence-electron chi connectivity index (χ3n) is 4.47. The van der Waals surface area contributed by atoms with Crippen LogP contribution in [0, 0.1) is 0 Å². The maximum absolute atomic E-state index is 6.06. The van der Waals surface area contributed by atoms with E-state index in [1.165, 1.54) is 37.3 Å². The van der Waals surface area contributed by atoms with Crippen LogP contribution in [-0.4, -0.2) is 31.1 Å². The first-order chi connectivity index (χ1) is 11.8. The monoisotopic (exact) mass is 324 g/mol. The average molecular weight is 324 g/mol. The Labute approximate surface area is 145 Å².